The first kappa shape index (κ1) is 9.06. The van der Waals surface area contributed by atoms with Crippen LogP contribution in [0.15, 0.2) is 24.5 Å². The van der Waals surface area contributed by atoms with Crippen molar-refractivity contribution in [3.63, 3.8) is 0 Å². The van der Waals surface area contributed by atoms with Crippen LogP contribution in [-0.2, 0) is 6.54 Å². The largest absolute Gasteiger partial charge is 0.508 e. The number of aryl methyl sites for hydroxylation is 1. The van der Waals surface area contributed by atoms with Crippen molar-refractivity contribution >= 4 is 11.0 Å². The lowest BCUT2D eigenvalue weighted by Gasteiger charge is -2.01. The van der Waals surface area contributed by atoms with Gasteiger partial charge in [0.05, 0.1) is 17.4 Å². The van der Waals surface area contributed by atoms with Gasteiger partial charge in [-0.2, -0.15) is 0 Å². The zero-order valence-electron chi connectivity index (χ0n) is 8.27. The van der Waals surface area contributed by atoms with E-state index in [0.29, 0.717) is 0 Å². The maximum Gasteiger partial charge on any atom is 0.117 e. The number of rotatable bonds is 3. The van der Waals surface area contributed by atoms with Crippen molar-refractivity contribution in [3.05, 3.63) is 24.5 Å². The molecule has 0 aliphatic carbocycles. The van der Waals surface area contributed by atoms with Crippen LogP contribution < -0.4 is 0 Å². The van der Waals surface area contributed by atoms with Gasteiger partial charge in [0.2, 0.25) is 0 Å². The molecule has 14 heavy (non-hydrogen) atoms. The Bertz CT molecular complexity index is 434. The number of unbranched alkanes of at least 4 members (excludes halogenated alkanes) is 1. The molecule has 2 aromatic rings. The Morgan fingerprint density at radius 3 is 3.07 bits per heavy atom. The number of benzene rings is 1. The van der Waals surface area contributed by atoms with Crippen molar-refractivity contribution in [2.45, 2.75) is 26.3 Å². The zero-order chi connectivity index (χ0) is 9.97. The maximum absolute atomic E-state index is 9.27. The third-order valence-electron chi connectivity index (χ3n) is 2.36. The summed E-state index contributed by atoms with van der Waals surface area (Å²) >= 11 is 0. The van der Waals surface area contributed by atoms with E-state index in [1.807, 2.05) is 12.4 Å². The van der Waals surface area contributed by atoms with E-state index in [4.69, 9.17) is 0 Å². The van der Waals surface area contributed by atoms with Crippen LogP contribution in [0.25, 0.3) is 11.0 Å². The van der Waals surface area contributed by atoms with Crippen molar-refractivity contribution in [3.8, 4) is 5.75 Å². The van der Waals surface area contributed by atoms with E-state index in [1.165, 1.54) is 6.42 Å². The number of phenolic OH excluding ortho intramolecular Hbond substituents is 1. The second-order valence-electron chi connectivity index (χ2n) is 3.46. The third-order valence-corrected chi connectivity index (χ3v) is 2.36. The van der Waals surface area contributed by atoms with Gasteiger partial charge in [0.25, 0.3) is 0 Å². The van der Waals surface area contributed by atoms with Crippen molar-refractivity contribution < 1.29 is 5.11 Å². The molecule has 0 fully saturated rings. The molecule has 0 amide bonds. The molecule has 2 rings (SSSR count). The molecular weight excluding hydrogens is 176 g/mol. The highest BCUT2D eigenvalue weighted by Gasteiger charge is 2.01. The van der Waals surface area contributed by atoms with Gasteiger partial charge in [-0.05, 0) is 18.6 Å². The van der Waals surface area contributed by atoms with Gasteiger partial charge < -0.3 is 9.67 Å². The summed E-state index contributed by atoms with van der Waals surface area (Å²) < 4.78 is 2.12. The SMILES string of the molecule is CCCCn1cnc2cc(O)ccc21. The molecule has 3 heteroatoms. The molecule has 1 heterocycles. The smallest absolute Gasteiger partial charge is 0.117 e. The normalized spacial score (nSPS) is 10.9. The van der Waals surface area contributed by atoms with Gasteiger partial charge in [-0.1, -0.05) is 13.3 Å². The average molecular weight is 190 g/mol. The quantitative estimate of drug-likeness (QED) is 0.807. The van der Waals surface area contributed by atoms with E-state index < -0.39 is 0 Å². The molecule has 0 bridgehead atoms. The van der Waals surface area contributed by atoms with Gasteiger partial charge in [-0.15, -0.1) is 0 Å². The average Bonchev–Trinajstić information content (AvgIpc) is 2.57. The summed E-state index contributed by atoms with van der Waals surface area (Å²) in [4.78, 5) is 4.24. The Hall–Kier alpha value is -1.51. The van der Waals surface area contributed by atoms with Gasteiger partial charge >= 0.3 is 0 Å². The molecule has 1 aromatic carbocycles. The topological polar surface area (TPSA) is 38.0 Å². The molecule has 0 aliphatic heterocycles. The van der Waals surface area contributed by atoms with Crippen LogP contribution in [0, 0.1) is 0 Å². The van der Waals surface area contributed by atoms with Crippen molar-refractivity contribution in [1.82, 2.24) is 9.55 Å². The molecule has 1 aromatic heterocycles. The predicted molar refractivity (Wildman–Crippen MR) is 56.3 cm³/mol. The van der Waals surface area contributed by atoms with Crippen molar-refractivity contribution in [2.75, 3.05) is 0 Å². The molecule has 0 saturated heterocycles. The molecule has 74 valence electrons. The molecular formula is C11H14N2O. The van der Waals surface area contributed by atoms with E-state index in [2.05, 4.69) is 16.5 Å². The lowest BCUT2D eigenvalue weighted by Crippen LogP contribution is -1.94. The fourth-order valence-electron chi connectivity index (χ4n) is 1.56. The fourth-order valence-corrected chi connectivity index (χ4v) is 1.56. The first-order chi connectivity index (χ1) is 6.81. The standard InChI is InChI=1S/C11H14N2O/c1-2-3-6-13-8-12-10-7-9(14)4-5-11(10)13/h4-5,7-8,14H,2-3,6H2,1H3. The zero-order valence-corrected chi connectivity index (χ0v) is 8.27. The van der Waals surface area contributed by atoms with E-state index in [-0.39, 0.29) is 5.75 Å². The van der Waals surface area contributed by atoms with E-state index in [1.54, 1.807) is 12.1 Å². The Kier molecular flexibility index (Phi) is 2.39. The van der Waals surface area contributed by atoms with Crippen LogP contribution in [0.5, 0.6) is 5.75 Å². The van der Waals surface area contributed by atoms with Gasteiger partial charge in [-0.25, -0.2) is 4.98 Å². The van der Waals surface area contributed by atoms with Crippen molar-refractivity contribution in [1.29, 1.82) is 0 Å². The minimum Gasteiger partial charge on any atom is -0.508 e. The summed E-state index contributed by atoms with van der Waals surface area (Å²) in [5.41, 5.74) is 1.96. The van der Waals surface area contributed by atoms with Crippen LogP contribution in [0.2, 0.25) is 0 Å². The highest BCUT2D eigenvalue weighted by atomic mass is 16.3. The van der Waals surface area contributed by atoms with Crippen LogP contribution in [-0.4, -0.2) is 14.7 Å². The summed E-state index contributed by atoms with van der Waals surface area (Å²) in [5, 5.41) is 9.27. The summed E-state index contributed by atoms with van der Waals surface area (Å²) in [7, 11) is 0. The molecule has 0 saturated carbocycles. The van der Waals surface area contributed by atoms with Crippen LogP contribution in [0.3, 0.4) is 0 Å². The second kappa shape index (κ2) is 3.70. The minimum absolute atomic E-state index is 0.276. The first-order valence-electron chi connectivity index (χ1n) is 4.95. The van der Waals surface area contributed by atoms with Gasteiger partial charge in [0.15, 0.2) is 0 Å². The molecule has 0 radical (unpaired) electrons. The van der Waals surface area contributed by atoms with E-state index >= 15 is 0 Å². The first-order valence-corrected chi connectivity index (χ1v) is 4.95. The number of nitrogens with zero attached hydrogens (tertiary/aromatic N) is 2. The number of hydrogen-bond donors (Lipinski definition) is 1. The van der Waals surface area contributed by atoms with Crippen LogP contribution >= 0.6 is 0 Å². The number of phenols is 1. The summed E-state index contributed by atoms with van der Waals surface area (Å²) in [6, 6.07) is 5.30. The number of fused-ring (bicyclic) bond motifs is 1. The van der Waals surface area contributed by atoms with E-state index in [9.17, 15) is 5.11 Å². The Morgan fingerprint density at radius 2 is 2.29 bits per heavy atom. The Balaban J connectivity index is 2.37. The summed E-state index contributed by atoms with van der Waals surface area (Å²) in [6.07, 6.45) is 4.17. The highest BCUT2D eigenvalue weighted by Crippen LogP contribution is 2.18. The number of hydrogen-bond acceptors (Lipinski definition) is 2. The van der Waals surface area contributed by atoms with Gasteiger partial charge in [0.1, 0.15) is 5.75 Å². The van der Waals surface area contributed by atoms with Crippen molar-refractivity contribution in [2.24, 2.45) is 0 Å². The summed E-state index contributed by atoms with van der Waals surface area (Å²) in [6.45, 7) is 3.17. The monoisotopic (exact) mass is 190 g/mol. The molecule has 3 nitrogen and oxygen atoms in total. The molecule has 0 unspecified atom stereocenters. The molecule has 1 N–H and O–H groups in total. The Labute approximate surface area is 83.0 Å². The summed E-state index contributed by atoms with van der Waals surface area (Å²) in [5.74, 6) is 0.276. The number of aromatic nitrogens is 2. The molecule has 0 atom stereocenters. The second-order valence-corrected chi connectivity index (χ2v) is 3.46. The maximum atomic E-state index is 9.27. The molecule has 0 aliphatic rings. The number of aromatic hydroxyl groups is 1. The minimum atomic E-state index is 0.276. The van der Waals surface area contributed by atoms with E-state index in [0.717, 1.165) is 24.0 Å². The van der Waals surface area contributed by atoms with Gasteiger partial charge in [0, 0.05) is 12.6 Å². The van der Waals surface area contributed by atoms with Gasteiger partial charge in [-0.3, -0.25) is 0 Å². The predicted octanol–water partition coefficient (Wildman–Crippen LogP) is 2.54. The highest BCUT2D eigenvalue weighted by molar-refractivity contribution is 5.76. The third kappa shape index (κ3) is 1.58. The Morgan fingerprint density at radius 1 is 1.43 bits per heavy atom. The lowest BCUT2D eigenvalue weighted by atomic mass is 10.3. The van der Waals surface area contributed by atoms with Crippen LogP contribution in [0.1, 0.15) is 19.8 Å². The van der Waals surface area contributed by atoms with Crippen LogP contribution in [0.4, 0.5) is 0 Å². The fraction of sp³-hybridized carbons (Fsp3) is 0.364. The molecule has 0 spiro atoms. The number of imidazole rings is 1. The lowest BCUT2D eigenvalue weighted by molar-refractivity contribution is 0.476.